The van der Waals surface area contributed by atoms with Crippen LogP contribution in [0, 0.1) is 6.92 Å². The van der Waals surface area contributed by atoms with E-state index in [1.165, 1.54) is 16.7 Å². The molecule has 3 rings (SSSR count). The third kappa shape index (κ3) is 6.89. The van der Waals surface area contributed by atoms with Crippen LogP contribution in [0.4, 0.5) is 0 Å². The first-order chi connectivity index (χ1) is 17.1. The highest BCUT2D eigenvalue weighted by Crippen LogP contribution is 2.40. The van der Waals surface area contributed by atoms with Crippen LogP contribution >= 0.6 is 11.8 Å². The van der Waals surface area contributed by atoms with E-state index >= 15 is 0 Å². The Morgan fingerprint density at radius 2 is 1.78 bits per heavy atom. The van der Waals surface area contributed by atoms with E-state index in [2.05, 4.69) is 10.6 Å². The average Bonchev–Trinajstić information content (AvgIpc) is 3.17. The van der Waals surface area contributed by atoms with Crippen LogP contribution in [0.1, 0.15) is 50.3 Å². The molecule has 0 saturated carbocycles. The van der Waals surface area contributed by atoms with Gasteiger partial charge in [0.15, 0.2) is 6.10 Å². The highest BCUT2D eigenvalue weighted by Gasteiger charge is 2.49. The van der Waals surface area contributed by atoms with Gasteiger partial charge >= 0.3 is 0 Å². The summed E-state index contributed by atoms with van der Waals surface area (Å²) >= 11 is 1.50. The molecular formula is C28H37N3O4S. The van der Waals surface area contributed by atoms with Crippen LogP contribution in [0.2, 0.25) is 0 Å². The number of benzene rings is 2. The maximum atomic E-state index is 13.6. The molecule has 0 aliphatic carbocycles. The first kappa shape index (κ1) is 27.7. The number of hydrogen-bond acceptors (Lipinski definition) is 5. The summed E-state index contributed by atoms with van der Waals surface area (Å²) in [5, 5.41) is 17.0. The van der Waals surface area contributed by atoms with E-state index in [-0.39, 0.29) is 17.7 Å². The molecule has 2 aromatic rings. The topological polar surface area (TPSA) is 98.7 Å². The fourth-order valence-corrected chi connectivity index (χ4v) is 5.60. The van der Waals surface area contributed by atoms with Crippen LogP contribution in [-0.2, 0) is 27.3 Å². The summed E-state index contributed by atoms with van der Waals surface area (Å²) < 4.78 is -0.536. The molecule has 7 nitrogen and oxygen atoms in total. The highest BCUT2D eigenvalue weighted by molar-refractivity contribution is 8.00. The number of aliphatic hydroxyl groups excluding tert-OH is 1. The average molecular weight is 512 g/mol. The monoisotopic (exact) mass is 511 g/mol. The van der Waals surface area contributed by atoms with Crippen LogP contribution in [0.25, 0.3) is 0 Å². The van der Waals surface area contributed by atoms with Gasteiger partial charge in [0.2, 0.25) is 11.8 Å². The first-order valence-corrected chi connectivity index (χ1v) is 13.4. The molecule has 0 aromatic heterocycles. The Hall–Kier alpha value is -2.84. The van der Waals surface area contributed by atoms with Gasteiger partial charge in [-0.25, -0.2) is 0 Å². The summed E-state index contributed by atoms with van der Waals surface area (Å²) in [5.41, 5.74) is 2.98. The predicted molar refractivity (Wildman–Crippen MR) is 143 cm³/mol. The van der Waals surface area contributed by atoms with Crippen LogP contribution in [0.15, 0.2) is 54.6 Å². The summed E-state index contributed by atoms with van der Waals surface area (Å²) in [7, 11) is 0. The first-order valence-electron chi connectivity index (χ1n) is 12.4. The van der Waals surface area contributed by atoms with Crippen LogP contribution in [0.3, 0.4) is 0 Å². The van der Waals surface area contributed by atoms with Gasteiger partial charge in [0.05, 0.1) is 11.9 Å². The van der Waals surface area contributed by atoms with Crippen molar-refractivity contribution < 1.29 is 19.5 Å². The minimum atomic E-state index is -1.48. The van der Waals surface area contributed by atoms with Gasteiger partial charge in [0.1, 0.15) is 6.04 Å². The number of carbonyl (C=O) groups excluding carboxylic acids is 3. The molecule has 1 aliphatic heterocycles. The van der Waals surface area contributed by atoms with Gasteiger partial charge in [-0.3, -0.25) is 14.4 Å². The van der Waals surface area contributed by atoms with Gasteiger partial charge in [-0.05, 0) is 50.3 Å². The van der Waals surface area contributed by atoms with Crippen molar-refractivity contribution >= 4 is 29.5 Å². The number of amides is 3. The maximum Gasteiger partial charge on any atom is 0.254 e. The summed E-state index contributed by atoms with van der Waals surface area (Å²) in [6.45, 7) is 8.11. The lowest BCUT2D eigenvalue weighted by atomic mass is 9.97. The zero-order valence-electron chi connectivity index (χ0n) is 21.5. The lowest BCUT2D eigenvalue weighted by Gasteiger charge is -2.33. The summed E-state index contributed by atoms with van der Waals surface area (Å²) in [5.74, 6) is -0.744. The van der Waals surface area contributed by atoms with Crippen molar-refractivity contribution in [2.75, 3.05) is 5.88 Å². The Bertz CT molecular complexity index is 1060. The molecule has 1 aliphatic rings. The SMILES string of the molecule is CCCC(=O)NC(Cc1ccccc1)C(O)C(=O)N1CSC(C)(C)C1C(=O)NCc1ccccc1C. The molecule has 1 heterocycles. The maximum absolute atomic E-state index is 13.6. The third-order valence-electron chi connectivity index (χ3n) is 6.55. The molecule has 3 unspecified atom stereocenters. The summed E-state index contributed by atoms with van der Waals surface area (Å²) in [4.78, 5) is 40.8. The molecule has 3 N–H and O–H groups in total. The van der Waals surface area contributed by atoms with Crippen molar-refractivity contribution in [3.8, 4) is 0 Å². The lowest BCUT2D eigenvalue weighted by molar-refractivity contribution is -0.147. The number of rotatable bonds is 10. The van der Waals surface area contributed by atoms with Crippen molar-refractivity contribution in [2.45, 2.75) is 76.4 Å². The Kier molecular flexibility index (Phi) is 9.56. The van der Waals surface area contributed by atoms with Gasteiger partial charge in [-0.2, -0.15) is 0 Å². The molecule has 0 bridgehead atoms. The predicted octanol–water partition coefficient (Wildman–Crippen LogP) is 3.18. The molecule has 8 heteroatoms. The molecule has 3 amide bonds. The highest BCUT2D eigenvalue weighted by atomic mass is 32.2. The number of hydrogen-bond donors (Lipinski definition) is 3. The van der Waals surface area contributed by atoms with Gasteiger partial charge in [-0.1, -0.05) is 61.5 Å². The van der Waals surface area contributed by atoms with Crippen LogP contribution in [-0.4, -0.2) is 56.5 Å². The molecule has 1 fully saturated rings. The zero-order valence-corrected chi connectivity index (χ0v) is 22.3. The normalized spacial score (nSPS) is 18.4. The number of aliphatic hydroxyl groups is 1. The number of thioether (sulfide) groups is 1. The number of nitrogens with one attached hydrogen (secondary N) is 2. The van der Waals surface area contributed by atoms with Gasteiger partial charge in [0, 0.05) is 17.7 Å². The molecule has 0 radical (unpaired) electrons. The van der Waals surface area contributed by atoms with Gasteiger partial charge in [-0.15, -0.1) is 11.8 Å². The van der Waals surface area contributed by atoms with Crippen molar-refractivity contribution in [1.29, 1.82) is 0 Å². The number of carbonyl (C=O) groups is 3. The molecule has 194 valence electrons. The smallest absolute Gasteiger partial charge is 0.254 e. The Labute approximate surface area is 218 Å². The molecule has 1 saturated heterocycles. The second-order valence-corrected chi connectivity index (χ2v) is 11.4. The second kappa shape index (κ2) is 12.4. The Morgan fingerprint density at radius 1 is 1.11 bits per heavy atom. The van der Waals surface area contributed by atoms with E-state index in [4.69, 9.17) is 0 Å². The second-order valence-electron chi connectivity index (χ2n) is 9.79. The van der Waals surface area contributed by atoms with Crippen LogP contribution < -0.4 is 10.6 Å². The van der Waals surface area contributed by atoms with E-state index in [1.807, 2.05) is 82.3 Å². The Balaban J connectivity index is 1.77. The standard InChI is InChI=1S/C28H37N3O4S/c1-5-11-23(32)30-22(16-20-13-7-6-8-14-20)24(33)27(35)31-18-36-28(3,4)25(31)26(34)29-17-21-15-10-9-12-19(21)2/h6-10,12-15,22,24-25,33H,5,11,16-18H2,1-4H3,(H,29,34)(H,30,32). The molecule has 0 spiro atoms. The summed E-state index contributed by atoms with van der Waals surface area (Å²) in [6.07, 6.45) is -0.207. The molecule has 2 aromatic carbocycles. The third-order valence-corrected chi connectivity index (χ3v) is 7.92. The molecule has 3 atom stereocenters. The fraction of sp³-hybridized carbons (Fsp3) is 0.464. The summed E-state index contributed by atoms with van der Waals surface area (Å²) in [6, 6.07) is 15.7. The molecular weight excluding hydrogens is 474 g/mol. The largest absolute Gasteiger partial charge is 0.381 e. The lowest BCUT2D eigenvalue weighted by Crippen LogP contribution is -2.58. The van der Waals surface area contributed by atoms with E-state index in [0.29, 0.717) is 25.8 Å². The number of nitrogens with zero attached hydrogens (tertiary/aromatic N) is 1. The van der Waals surface area contributed by atoms with Crippen molar-refractivity contribution in [1.82, 2.24) is 15.5 Å². The molecule has 36 heavy (non-hydrogen) atoms. The van der Waals surface area contributed by atoms with Crippen molar-refractivity contribution in [2.24, 2.45) is 0 Å². The zero-order chi connectivity index (χ0) is 26.3. The van der Waals surface area contributed by atoms with Crippen molar-refractivity contribution in [3.05, 3.63) is 71.3 Å². The fourth-order valence-electron chi connectivity index (χ4n) is 4.46. The van der Waals surface area contributed by atoms with E-state index in [0.717, 1.165) is 16.7 Å². The minimum absolute atomic E-state index is 0.214. The number of aryl methyl sites for hydroxylation is 1. The van der Waals surface area contributed by atoms with Gasteiger partial charge in [0.25, 0.3) is 5.91 Å². The van der Waals surface area contributed by atoms with Crippen LogP contribution in [0.5, 0.6) is 0 Å². The van der Waals surface area contributed by atoms with Crippen molar-refractivity contribution in [3.63, 3.8) is 0 Å². The Morgan fingerprint density at radius 3 is 2.44 bits per heavy atom. The van der Waals surface area contributed by atoms with E-state index < -0.39 is 28.8 Å². The quantitative estimate of drug-likeness (QED) is 0.455. The minimum Gasteiger partial charge on any atom is -0.381 e. The van der Waals surface area contributed by atoms with E-state index in [9.17, 15) is 19.5 Å². The van der Waals surface area contributed by atoms with E-state index in [1.54, 1.807) is 0 Å². The van der Waals surface area contributed by atoms with Gasteiger partial charge < -0.3 is 20.6 Å².